The van der Waals surface area contributed by atoms with Gasteiger partial charge in [-0.25, -0.2) is 9.37 Å². The van der Waals surface area contributed by atoms with Gasteiger partial charge < -0.3 is 5.32 Å². The van der Waals surface area contributed by atoms with Gasteiger partial charge in [0.15, 0.2) is 11.6 Å². The van der Waals surface area contributed by atoms with E-state index in [0.717, 1.165) is 22.6 Å². The third kappa shape index (κ3) is 2.08. The van der Waals surface area contributed by atoms with Crippen LogP contribution in [0.15, 0.2) is 36.7 Å². The van der Waals surface area contributed by atoms with Gasteiger partial charge in [-0.1, -0.05) is 6.07 Å². The molecule has 27 heavy (non-hydrogen) atoms. The molecule has 3 aromatic heterocycles. The highest BCUT2D eigenvalue weighted by Crippen LogP contribution is 2.42. The molecule has 4 heterocycles. The van der Waals surface area contributed by atoms with Crippen molar-refractivity contribution in [2.75, 3.05) is 5.32 Å². The molecule has 136 valence electrons. The average Bonchev–Trinajstić information content (AvgIpc) is 3.25. The van der Waals surface area contributed by atoms with Crippen LogP contribution in [0.2, 0.25) is 0 Å². The van der Waals surface area contributed by atoms with Crippen LogP contribution in [-0.2, 0) is 5.54 Å². The first-order valence-corrected chi connectivity index (χ1v) is 8.85. The Kier molecular flexibility index (Phi) is 3.05. The number of halogens is 1. The van der Waals surface area contributed by atoms with E-state index < -0.39 is 5.54 Å². The summed E-state index contributed by atoms with van der Waals surface area (Å²) in [5, 5.41) is 11.9. The SMILES string of the molecule is Cc1cc(-c2cccc3nccn23)c(F)c2c1NC(C)(C)c1nnc(C)n1-2. The molecular weight excluding hydrogens is 343 g/mol. The lowest BCUT2D eigenvalue weighted by Gasteiger charge is -2.35. The van der Waals surface area contributed by atoms with E-state index in [-0.39, 0.29) is 5.82 Å². The van der Waals surface area contributed by atoms with Crippen molar-refractivity contribution < 1.29 is 4.39 Å². The number of hydrogen-bond donors (Lipinski definition) is 1. The molecular formula is C20H19FN6. The summed E-state index contributed by atoms with van der Waals surface area (Å²) >= 11 is 0. The summed E-state index contributed by atoms with van der Waals surface area (Å²) in [6, 6.07) is 7.58. The molecule has 0 atom stereocenters. The molecule has 1 N–H and O–H groups in total. The molecule has 6 nitrogen and oxygen atoms in total. The molecule has 0 aliphatic carbocycles. The average molecular weight is 362 g/mol. The van der Waals surface area contributed by atoms with Gasteiger partial charge in [0.2, 0.25) is 0 Å². The molecule has 0 saturated carbocycles. The number of fused-ring (bicyclic) bond motifs is 4. The van der Waals surface area contributed by atoms with Gasteiger partial charge in [0.1, 0.15) is 17.2 Å². The van der Waals surface area contributed by atoms with Gasteiger partial charge in [-0.15, -0.1) is 10.2 Å². The number of rotatable bonds is 1. The minimum Gasteiger partial charge on any atom is -0.371 e. The van der Waals surface area contributed by atoms with Crippen LogP contribution in [0.5, 0.6) is 0 Å². The predicted octanol–water partition coefficient (Wildman–Crippen LogP) is 4.00. The number of hydrogen-bond acceptors (Lipinski definition) is 4. The van der Waals surface area contributed by atoms with Crippen molar-refractivity contribution in [3.63, 3.8) is 0 Å². The van der Waals surface area contributed by atoms with Crippen molar-refractivity contribution >= 4 is 11.3 Å². The molecule has 0 amide bonds. The molecule has 7 heteroatoms. The maximum Gasteiger partial charge on any atom is 0.162 e. The Bertz CT molecular complexity index is 1220. The second-order valence-electron chi connectivity index (χ2n) is 7.50. The Morgan fingerprint density at radius 1 is 1.15 bits per heavy atom. The second-order valence-corrected chi connectivity index (χ2v) is 7.50. The summed E-state index contributed by atoms with van der Waals surface area (Å²) in [4.78, 5) is 4.31. The standard InChI is InChI=1S/C20H19FN6/c1-11-10-13(14-6-5-7-15-22-8-9-26(14)15)16(21)18-17(11)23-20(3,4)19-25-24-12(2)27(18)19/h5-10,23H,1-4H3. The van der Waals surface area contributed by atoms with Crippen LogP contribution in [0.1, 0.15) is 31.1 Å². The van der Waals surface area contributed by atoms with E-state index >= 15 is 4.39 Å². The summed E-state index contributed by atoms with van der Waals surface area (Å²) in [6.07, 6.45) is 3.56. The van der Waals surface area contributed by atoms with Gasteiger partial charge in [0.25, 0.3) is 0 Å². The number of aryl methyl sites for hydroxylation is 2. The number of aromatic nitrogens is 5. The monoisotopic (exact) mass is 362 g/mol. The van der Waals surface area contributed by atoms with Crippen molar-refractivity contribution in [2.24, 2.45) is 0 Å². The molecule has 0 bridgehead atoms. The Balaban J connectivity index is 1.87. The molecule has 1 aromatic carbocycles. The van der Waals surface area contributed by atoms with E-state index in [4.69, 9.17) is 0 Å². The van der Waals surface area contributed by atoms with Gasteiger partial charge in [0.05, 0.1) is 16.9 Å². The van der Waals surface area contributed by atoms with Crippen LogP contribution in [-0.4, -0.2) is 24.1 Å². The normalized spacial score (nSPS) is 14.7. The topological polar surface area (TPSA) is 60.0 Å². The maximum absolute atomic E-state index is 15.9. The van der Waals surface area contributed by atoms with Gasteiger partial charge in [-0.3, -0.25) is 8.97 Å². The first-order valence-electron chi connectivity index (χ1n) is 8.85. The summed E-state index contributed by atoms with van der Waals surface area (Å²) in [5.41, 5.74) is 3.82. The molecule has 0 spiro atoms. The van der Waals surface area contributed by atoms with Crippen molar-refractivity contribution in [2.45, 2.75) is 33.2 Å². The zero-order chi connectivity index (χ0) is 18.9. The number of nitrogens with zero attached hydrogens (tertiary/aromatic N) is 5. The Morgan fingerprint density at radius 2 is 1.96 bits per heavy atom. The fraction of sp³-hybridized carbons (Fsp3) is 0.250. The van der Waals surface area contributed by atoms with Crippen LogP contribution in [0.4, 0.5) is 10.1 Å². The summed E-state index contributed by atoms with van der Waals surface area (Å²) in [7, 11) is 0. The maximum atomic E-state index is 15.9. The minimum absolute atomic E-state index is 0.302. The van der Waals surface area contributed by atoms with E-state index in [1.165, 1.54) is 0 Å². The van der Waals surface area contributed by atoms with Crippen molar-refractivity contribution in [1.29, 1.82) is 0 Å². The Hall–Kier alpha value is -3.22. The zero-order valence-electron chi connectivity index (χ0n) is 15.6. The lowest BCUT2D eigenvalue weighted by Crippen LogP contribution is -2.37. The van der Waals surface area contributed by atoms with E-state index in [9.17, 15) is 0 Å². The Labute approximate surface area is 155 Å². The fourth-order valence-electron chi connectivity index (χ4n) is 3.90. The summed E-state index contributed by atoms with van der Waals surface area (Å²) in [5.74, 6) is 1.06. The third-order valence-corrected chi connectivity index (χ3v) is 5.19. The minimum atomic E-state index is -0.447. The molecule has 1 aliphatic rings. The smallest absolute Gasteiger partial charge is 0.162 e. The number of nitrogens with one attached hydrogen (secondary N) is 1. The molecule has 1 aliphatic heterocycles. The first kappa shape index (κ1) is 16.0. The van der Waals surface area contributed by atoms with Gasteiger partial charge in [0, 0.05) is 18.0 Å². The van der Waals surface area contributed by atoms with Crippen LogP contribution in [0.25, 0.3) is 22.6 Å². The number of pyridine rings is 1. The summed E-state index contributed by atoms with van der Waals surface area (Å²) in [6.45, 7) is 7.88. The summed E-state index contributed by atoms with van der Waals surface area (Å²) < 4.78 is 19.6. The van der Waals surface area contributed by atoms with Crippen LogP contribution in [0, 0.1) is 19.7 Å². The van der Waals surface area contributed by atoms with Crippen LogP contribution < -0.4 is 5.32 Å². The van der Waals surface area contributed by atoms with Crippen molar-refractivity contribution in [3.8, 4) is 16.9 Å². The zero-order valence-corrected chi connectivity index (χ0v) is 15.6. The highest BCUT2D eigenvalue weighted by atomic mass is 19.1. The Morgan fingerprint density at radius 3 is 2.78 bits per heavy atom. The van der Waals surface area contributed by atoms with Crippen molar-refractivity contribution in [3.05, 3.63) is 59.7 Å². The second kappa shape index (κ2) is 5.16. The molecule has 0 fully saturated rings. The van der Waals surface area contributed by atoms with E-state index in [2.05, 4.69) is 20.5 Å². The molecule has 0 radical (unpaired) electrons. The fourth-order valence-corrected chi connectivity index (χ4v) is 3.90. The lowest BCUT2D eigenvalue weighted by atomic mass is 9.95. The van der Waals surface area contributed by atoms with E-state index in [1.807, 2.05) is 67.1 Å². The molecule has 0 saturated heterocycles. The molecule has 0 unspecified atom stereocenters. The highest BCUT2D eigenvalue weighted by Gasteiger charge is 2.37. The first-order chi connectivity index (χ1) is 12.9. The highest BCUT2D eigenvalue weighted by molar-refractivity contribution is 5.79. The third-order valence-electron chi connectivity index (χ3n) is 5.19. The predicted molar refractivity (Wildman–Crippen MR) is 102 cm³/mol. The molecule has 5 rings (SSSR count). The number of imidazole rings is 1. The lowest BCUT2D eigenvalue weighted by molar-refractivity contribution is 0.522. The van der Waals surface area contributed by atoms with E-state index in [1.54, 1.807) is 6.20 Å². The van der Waals surface area contributed by atoms with Crippen molar-refractivity contribution in [1.82, 2.24) is 24.1 Å². The van der Waals surface area contributed by atoms with E-state index in [0.29, 0.717) is 22.9 Å². The van der Waals surface area contributed by atoms with Crippen LogP contribution in [0.3, 0.4) is 0 Å². The van der Waals surface area contributed by atoms with Gasteiger partial charge >= 0.3 is 0 Å². The molecule has 4 aromatic rings. The van der Waals surface area contributed by atoms with Crippen LogP contribution >= 0.6 is 0 Å². The van der Waals surface area contributed by atoms with Gasteiger partial charge in [-0.05, 0) is 51.5 Å². The van der Waals surface area contributed by atoms with Gasteiger partial charge in [-0.2, -0.15) is 0 Å². The largest absolute Gasteiger partial charge is 0.371 e. The number of anilines is 1. The quantitative estimate of drug-likeness (QED) is 0.556. The number of benzene rings is 1.